The average Bonchev–Trinajstić information content (AvgIpc) is 2.93. The molecular formula is C16H14BrN3O. The van der Waals surface area contributed by atoms with E-state index >= 15 is 0 Å². The van der Waals surface area contributed by atoms with Crippen LogP contribution in [-0.2, 0) is 6.54 Å². The predicted molar refractivity (Wildman–Crippen MR) is 87.9 cm³/mol. The monoisotopic (exact) mass is 343 g/mol. The van der Waals surface area contributed by atoms with Gasteiger partial charge in [-0.3, -0.25) is 4.57 Å². The van der Waals surface area contributed by atoms with Gasteiger partial charge in [-0.25, -0.2) is 4.79 Å². The number of nitrogens with one attached hydrogen (secondary N) is 2. The highest BCUT2D eigenvalue weighted by Gasteiger charge is 2.01. The van der Waals surface area contributed by atoms with Crippen LogP contribution in [0.1, 0.15) is 5.56 Å². The Balaban J connectivity index is 1.72. The van der Waals surface area contributed by atoms with Gasteiger partial charge in [-0.05, 0) is 35.9 Å². The van der Waals surface area contributed by atoms with Crippen LogP contribution in [0.15, 0.2) is 70.2 Å². The summed E-state index contributed by atoms with van der Waals surface area (Å²) in [6.45, 7) is 0.741. The van der Waals surface area contributed by atoms with Crippen molar-refractivity contribution in [3.63, 3.8) is 0 Å². The second-order valence-electron chi connectivity index (χ2n) is 4.63. The number of H-pyrrole nitrogens is 1. The highest BCUT2D eigenvalue weighted by atomic mass is 79.9. The first-order valence-corrected chi connectivity index (χ1v) is 7.37. The van der Waals surface area contributed by atoms with Gasteiger partial charge in [0.1, 0.15) is 0 Å². The number of nitrogens with zero attached hydrogens (tertiary/aromatic N) is 1. The fourth-order valence-electron chi connectivity index (χ4n) is 2.10. The maximum Gasteiger partial charge on any atom is 0.330 e. The van der Waals surface area contributed by atoms with Gasteiger partial charge in [-0.2, -0.15) is 0 Å². The summed E-state index contributed by atoms with van der Waals surface area (Å²) < 4.78 is 2.66. The van der Waals surface area contributed by atoms with Crippen molar-refractivity contribution in [1.82, 2.24) is 9.55 Å². The molecular weight excluding hydrogens is 330 g/mol. The van der Waals surface area contributed by atoms with Crippen LogP contribution >= 0.6 is 15.9 Å². The molecule has 1 heterocycles. The zero-order valence-corrected chi connectivity index (χ0v) is 12.8. The molecule has 0 radical (unpaired) electrons. The topological polar surface area (TPSA) is 49.8 Å². The molecule has 0 aliphatic heterocycles. The number of aromatic nitrogens is 2. The van der Waals surface area contributed by atoms with E-state index in [4.69, 9.17) is 0 Å². The van der Waals surface area contributed by atoms with Crippen molar-refractivity contribution in [3.8, 4) is 5.69 Å². The Kier molecular flexibility index (Phi) is 3.92. The van der Waals surface area contributed by atoms with E-state index in [9.17, 15) is 4.79 Å². The molecule has 0 aliphatic carbocycles. The minimum atomic E-state index is -0.135. The Labute approximate surface area is 130 Å². The first-order valence-electron chi connectivity index (χ1n) is 6.58. The second kappa shape index (κ2) is 6.01. The van der Waals surface area contributed by atoms with Gasteiger partial charge < -0.3 is 10.3 Å². The van der Waals surface area contributed by atoms with E-state index in [0.717, 1.165) is 22.4 Å². The molecule has 0 fully saturated rings. The molecule has 21 heavy (non-hydrogen) atoms. The molecule has 106 valence electrons. The van der Waals surface area contributed by atoms with Crippen LogP contribution in [-0.4, -0.2) is 9.55 Å². The molecule has 2 N–H and O–H groups in total. The van der Waals surface area contributed by atoms with E-state index in [1.807, 2.05) is 42.5 Å². The van der Waals surface area contributed by atoms with Gasteiger partial charge in [0, 0.05) is 29.1 Å². The van der Waals surface area contributed by atoms with Crippen molar-refractivity contribution < 1.29 is 0 Å². The Morgan fingerprint density at radius 1 is 1.10 bits per heavy atom. The lowest BCUT2D eigenvalue weighted by Crippen LogP contribution is -2.13. The zero-order valence-electron chi connectivity index (χ0n) is 11.2. The van der Waals surface area contributed by atoms with Gasteiger partial charge in [0.05, 0.1) is 5.69 Å². The molecule has 0 saturated heterocycles. The Morgan fingerprint density at radius 2 is 1.86 bits per heavy atom. The number of imidazole rings is 1. The van der Waals surface area contributed by atoms with Gasteiger partial charge >= 0.3 is 5.69 Å². The third-order valence-corrected chi connectivity index (χ3v) is 4.01. The van der Waals surface area contributed by atoms with Gasteiger partial charge in [-0.15, -0.1) is 0 Å². The number of rotatable bonds is 4. The predicted octanol–water partition coefficient (Wildman–Crippen LogP) is 3.54. The molecule has 0 spiro atoms. The van der Waals surface area contributed by atoms with Crippen LogP contribution in [0.4, 0.5) is 5.69 Å². The normalized spacial score (nSPS) is 10.5. The van der Waals surface area contributed by atoms with E-state index in [1.54, 1.807) is 17.0 Å². The minimum Gasteiger partial charge on any atom is -0.381 e. The molecule has 0 atom stereocenters. The van der Waals surface area contributed by atoms with E-state index in [0.29, 0.717) is 0 Å². The lowest BCUT2D eigenvalue weighted by atomic mass is 10.2. The standard InChI is InChI=1S/C16H14BrN3O/c17-15-4-2-1-3-12(15)11-19-13-5-7-14(8-6-13)20-10-9-18-16(20)21/h1-10,19H,11H2,(H,18,21). The molecule has 0 aliphatic rings. The summed E-state index contributed by atoms with van der Waals surface area (Å²) in [4.78, 5) is 14.2. The minimum absolute atomic E-state index is 0.135. The second-order valence-corrected chi connectivity index (χ2v) is 5.48. The number of hydrogen-bond acceptors (Lipinski definition) is 2. The van der Waals surface area contributed by atoms with Crippen LogP contribution < -0.4 is 11.0 Å². The highest BCUT2D eigenvalue weighted by Crippen LogP contribution is 2.18. The van der Waals surface area contributed by atoms with Gasteiger partial charge in [0.25, 0.3) is 0 Å². The molecule has 2 aromatic carbocycles. The smallest absolute Gasteiger partial charge is 0.330 e. The van der Waals surface area contributed by atoms with E-state index in [2.05, 4.69) is 32.3 Å². The molecule has 5 heteroatoms. The quantitative estimate of drug-likeness (QED) is 0.761. The van der Waals surface area contributed by atoms with Crippen molar-refractivity contribution in [2.75, 3.05) is 5.32 Å². The van der Waals surface area contributed by atoms with Gasteiger partial charge in [0.2, 0.25) is 0 Å². The lowest BCUT2D eigenvalue weighted by Gasteiger charge is -2.09. The fourth-order valence-corrected chi connectivity index (χ4v) is 2.53. The van der Waals surface area contributed by atoms with Crippen LogP contribution in [0, 0.1) is 0 Å². The number of benzene rings is 2. The third-order valence-electron chi connectivity index (χ3n) is 3.24. The van der Waals surface area contributed by atoms with Crippen LogP contribution in [0.5, 0.6) is 0 Å². The molecule has 3 rings (SSSR count). The summed E-state index contributed by atoms with van der Waals surface area (Å²) in [6.07, 6.45) is 3.34. The van der Waals surface area contributed by atoms with Crippen molar-refractivity contribution in [3.05, 3.63) is 81.4 Å². The molecule has 3 aromatic rings. The molecule has 1 aromatic heterocycles. The van der Waals surface area contributed by atoms with Gasteiger partial charge in [0.15, 0.2) is 0 Å². The summed E-state index contributed by atoms with van der Waals surface area (Å²) in [5.41, 5.74) is 2.91. The summed E-state index contributed by atoms with van der Waals surface area (Å²) in [7, 11) is 0. The van der Waals surface area contributed by atoms with Crippen molar-refractivity contribution >= 4 is 21.6 Å². The maximum atomic E-state index is 11.5. The SMILES string of the molecule is O=c1[nH]ccn1-c1ccc(NCc2ccccc2Br)cc1. The van der Waals surface area contributed by atoms with E-state index in [-0.39, 0.29) is 5.69 Å². The van der Waals surface area contributed by atoms with Crippen molar-refractivity contribution in [2.24, 2.45) is 0 Å². The molecule has 0 bridgehead atoms. The molecule has 0 unspecified atom stereocenters. The van der Waals surface area contributed by atoms with Crippen LogP contribution in [0.3, 0.4) is 0 Å². The lowest BCUT2D eigenvalue weighted by molar-refractivity contribution is 0.987. The van der Waals surface area contributed by atoms with Crippen molar-refractivity contribution in [1.29, 1.82) is 0 Å². The fraction of sp³-hybridized carbons (Fsp3) is 0.0625. The van der Waals surface area contributed by atoms with Crippen LogP contribution in [0.25, 0.3) is 5.69 Å². The number of aromatic amines is 1. The Bertz CT molecular complexity index is 790. The number of anilines is 1. The Hall–Kier alpha value is -2.27. The van der Waals surface area contributed by atoms with E-state index < -0.39 is 0 Å². The van der Waals surface area contributed by atoms with Crippen LogP contribution in [0.2, 0.25) is 0 Å². The Morgan fingerprint density at radius 3 is 2.52 bits per heavy atom. The van der Waals surface area contributed by atoms with Gasteiger partial charge in [-0.1, -0.05) is 34.1 Å². The first-order chi connectivity index (χ1) is 10.2. The third kappa shape index (κ3) is 3.08. The van der Waals surface area contributed by atoms with E-state index in [1.165, 1.54) is 5.56 Å². The highest BCUT2D eigenvalue weighted by molar-refractivity contribution is 9.10. The number of hydrogen-bond donors (Lipinski definition) is 2. The van der Waals surface area contributed by atoms with Crippen molar-refractivity contribution in [2.45, 2.75) is 6.54 Å². The zero-order chi connectivity index (χ0) is 14.7. The summed E-state index contributed by atoms with van der Waals surface area (Å²) in [5, 5.41) is 3.36. The summed E-state index contributed by atoms with van der Waals surface area (Å²) in [5.74, 6) is 0. The summed E-state index contributed by atoms with van der Waals surface area (Å²) in [6, 6.07) is 15.9. The summed E-state index contributed by atoms with van der Waals surface area (Å²) >= 11 is 3.53. The first kappa shape index (κ1) is 13.7. The largest absolute Gasteiger partial charge is 0.381 e. The molecule has 0 amide bonds. The molecule has 4 nitrogen and oxygen atoms in total. The molecule has 0 saturated carbocycles. The average molecular weight is 344 g/mol. The number of halogens is 1. The maximum absolute atomic E-state index is 11.5.